The third-order valence-electron chi connectivity index (χ3n) is 4.72. The predicted octanol–water partition coefficient (Wildman–Crippen LogP) is 5.33. The molecule has 1 heterocycles. The summed E-state index contributed by atoms with van der Waals surface area (Å²) < 4.78 is 28.3. The minimum atomic E-state index is -3.83. The third kappa shape index (κ3) is 4.45. The topological polar surface area (TPSA) is 72.0 Å². The van der Waals surface area contributed by atoms with Crippen molar-refractivity contribution in [2.24, 2.45) is 0 Å². The van der Waals surface area contributed by atoms with Crippen molar-refractivity contribution in [2.45, 2.75) is 23.7 Å². The Kier molecular flexibility index (Phi) is 5.58. The van der Waals surface area contributed by atoms with Crippen LogP contribution in [0, 0.1) is 0 Å². The zero-order valence-corrected chi connectivity index (χ0v) is 17.5. The van der Waals surface area contributed by atoms with Gasteiger partial charge in [0.05, 0.1) is 10.6 Å². The summed E-state index contributed by atoms with van der Waals surface area (Å²) in [6.45, 7) is 0. The van der Waals surface area contributed by atoms with E-state index in [-0.39, 0.29) is 20.9 Å². The van der Waals surface area contributed by atoms with Crippen molar-refractivity contribution in [3.05, 3.63) is 87.9 Å². The molecule has 0 spiro atoms. The third-order valence-corrected chi connectivity index (χ3v) is 6.50. The second kappa shape index (κ2) is 8.14. The first-order valence-corrected chi connectivity index (χ1v) is 11.2. The van der Waals surface area contributed by atoms with E-state index in [1.165, 1.54) is 18.2 Å². The average Bonchev–Trinajstić information content (AvgIpc) is 3.10. The Balaban J connectivity index is 1.56. The standard InChI is InChI=1S/C21H17Cl2N3O2S/c22-15-11-16(23)13-17(12-15)29(27,28)26-20-4-1-3-18-14(5-7-19(18)20)6-8-21-24-9-2-10-25-21/h1-5,7,9-14,26H,6,8H2. The van der Waals surface area contributed by atoms with E-state index in [1.807, 2.05) is 18.2 Å². The highest BCUT2D eigenvalue weighted by molar-refractivity contribution is 7.92. The first kappa shape index (κ1) is 19.9. The van der Waals surface area contributed by atoms with Gasteiger partial charge in [-0.05, 0) is 42.3 Å². The van der Waals surface area contributed by atoms with Crippen molar-refractivity contribution in [1.82, 2.24) is 9.97 Å². The number of benzene rings is 2. The molecule has 0 saturated carbocycles. The van der Waals surface area contributed by atoms with E-state index < -0.39 is 10.0 Å². The molecule has 0 fully saturated rings. The van der Waals surface area contributed by atoms with Crippen LogP contribution in [0.4, 0.5) is 5.69 Å². The smallest absolute Gasteiger partial charge is 0.262 e. The van der Waals surface area contributed by atoms with Crippen molar-refractivity contribution in [3.63, 3.8) is 0 Å². The summed E-state index contributed by atoms with van der Waals surface area (Å²) in [5.41, 5.74) is 2.46. The molecule has 0 saturated heterocycles. The molecule has 2 aromatic carbocycles. The van der Waals surface area contributed by atoms with Gasteiger partial charge in [0.15, 0.2) is 0 Å². The summed E-state index contributed by atoms with van der Waals surface area (Å²) in [6.07, 6.45) is 9.08. The van der Waals surface area contributed by atoms with Crippen molar-refractivity contribution >= 4 is 45.0 Å². The van der Waals surface area contributed by atoms with E-state index in [2.05, 4.69) is 20.8 Å². The number of nitrogens with zero attached hydrogens (tertiary/aromatic N) is 2. The molecule has 0 bridgehead atoms. The molecule has 8 heteroatoms. The van der Waals surface area contributed by atoms with Gasteiger partial charge in [-0.3, -0.25) is 4.72 Å². The van der Waals surface area contributed by atoms with Crippen LogP contribution in [0.1, 0.15) is 29.3 Å². The number of aromatic nitrogens is 2. The Bertz CT molecular complexity index is 1160. The maximum absolute atomic E-state index is 12.8. The highest BCUT2D eigenvalue weighted by Crippen LogP contribution is 2.38. The summed E-state index contributed by atoms with van der Waals surface area (Å²) in [6, 6.07) is 11.6. The van der Waals surface area contributed by atoms with Crippen molar-refractivity contribution in [3.8, 4) is 0 Å². The number of aryl methyl sites for hydroxylation is 1. The maximum atomic E-state index is 12.8. The number of nitrogens with one attached hydrogen (secondary N) is 1. The highest BCUT2D eigenvalue weighted by atomic mass is 35.5. The SMILES string of the molecule is O=S(=O)(Nc1cccc2c1C=CC2CCc1ncccn1)c1cc(Cl)cc(Cl)c1. The van der Waals surface area contributed by atoms with Crippen LogP contribution in [0.2, 0.25) is 10.0 Å². The number of hydrogen-bond donors (Lipinski definition) is 1. The first-order chi connectivity index (χ1) is 13.9. The molecule has 0 aliphatic heterocycles. The lowest BCUT2D eigenvalue weighted by molar-refractivity contribution is 0.601. The van der Waals surface area contributed by atoms with Gasteiger partial charge in [-0.1, -0.05) is 47.5 Å². The van der Waals surface area contributed by atoms with Crippen molar-refractivity contribution in [1.29, 1.82) is 0 Å². The number of sulfonamides is 1. The van der Waals surface area contributed by atoms with Gasteiger partial charge in [0.2, 0.25) is 0 Å². The van der Waals surface area contributed by atoms with Gasteiger partial charge >= 0.3 is 0 Å². The normalized spacial score (nSPS) is 15.3. The lowest BCUT2D eigenvalue weighted by Crippen LogP contribution is -2.14. The van der Waals surface area contributed by atoms with E-state index in [1.54, 1.807) is 24.5 Å². The minimum absolute atomic E-state index is 0.0207. The molecule has 148 valence electrons. The van der Waals surface area contributed by atoms with Crippen LogP contribution in [0.5, 0.6) is 0 Å². The zero-order chi connectivity index (χ0) is 20.4. The molecule has 1 unspecified atom stereocenters. The van der Waals surface area contributed by atoms with E-state index in [4.69, 9.17) is 23.2 Å². The van der Waals surface area contributed by atoms with Gasteiger partial charge < -0.3 is 0 Å². The fraction of sp³-hybridized carbons (Fsp3) is 0.143. The Hall–Kier alpha value is -2.41. The zero-order valence-electron chi connectivity index (χ0n) is 15.2. The molecule has 1 aromatic heterocycles. The predicted molar refractivity (Wildman–Crippen MR) is 116 cm³/mol. The number of allylic oxidation sites excluding steroid dienone is 1. The molecule has 0 amide bonds. The lowest BCUT2D eigenvalue weighted by atomic mass is 9.95. The number of hydrogen-bond acceptors (Lipinski definition) is 4. The molecular formula is C21H17Cl2N3O2S. The van der Waals surface area contributed by atoms with Crippen LogP contribution in [0.15, 0.2) is 65.8 Å². The molecule has 3 aromatic rings. The van der Waals surface area contributed by atoms with Gasteiger partial charge in [-0.25, -0.2) is 18.4 Å². The largest absolute Gasteiger partial charge is 0.279 e. The van der Waals surface area contributed by atoms with Crippen LogP contribution in [0.25, 0.3) is 6.08 Å². The van der Waals surface area contributed by atoms with E-state index >= 15 is 0 Å². The van der Waals surface area contributed by atoms with Gasteiger partial charge in [0.25, 0.3) is 10.0 Å². The molecule has 1 N–H and O–H groups in total. The second-order valence-electron chi connectivity index (χ2n) is 6.69. The Labute approximate surface area is 179 Å². The second-order valence-corrected chi connectivity index (χ2v) is 9.24. The van der Waals surface area contributed by atoms with Crippen LogP contribution >= 0.6 is 23.2 Å². The van der Waals surface area contributed by atoms with Crippen LogP contribution in [0.3, 0.4) is 0 Å². The van der Waals surface area contributed by atoms with Gasteiger partial charge in [-0.2, -0.15) is 0 Å². The minimum Gasteiger partial charge on any atom is -0.279 e. The van der Waals surface area contributed by atoms with Gasteiger partial charge in [0, 0.05) is 40.3 Å². The lowest BCUT2D eigenvalue weighted by Gasteiger charge is -2.15. The summed E-state index contributed by atoms with van der Waals surface area (Å²) >= 11 is 11.9. The van der Waals surface area contributed by atoms with Crippen molar-refractivity contribution < 1.29 is 8.42 Å². The van der Waals surface area contributed by atoms with E-state index in [0.29, 0.717) is 5.69 Å². The molecule has 0 radical (unpaired) electrons. The summed E-state index contributed by atoms with van der Waals surface area (Å²) in [5, 5.41) is 0.526. The molecule has 4 rings (SSSR count). The molecule has 5 nitrogen and oxygen atoms in total. The molecule has 1 atom stereocenters. The first-order valence-electron chi connectivity index (χ1n) is 8.98. The number of halogens is 2. The van der Waals surface area contributed by atoms with Gasteiger partial charge in [0.1, 0.15) is 5.82 Å². The fourth-order valence-electron chi connectivity index (χ4n) is 3.38. The summed E-state index contributed by atoms with van der Waals surface area (Å²) in [4.78, 5) is 8.54. The number of fused-ring (bicyclic) bond motifs is 1. The molecular weight excluding hydrogens is 429 g/mol. The Morgan fingerprint density at radius 2 is 1.72 bits per heavy atom. The summed E-state index contributed by atoms with van der Waals surface area (Å²) in [7, 11) is -3.83. The fourth-order valence-corrected chi connectivity index (χ4v) is 5.19. The average molecular weight is 446 g/mol. The quantitative estimate of drug-likeness (QED) is 0.556. The van der Waals surface area contributed by atoms with Crippen LogP contribution in [-0.2, 0) is 16.4 Å². The van der Waals surface area contributed by atoms with Crippen LogP contribution < -0.4 is 4.72 Å². The Morgan fingerprint density at radius 1 is 1.00 bits per heavy atom. The molecule has 1 aliphatic rings. The van der Waals surface area contributed by atoms with Crippen molar-refractivity contribution in [2.75, 3.05) is 4.72 Å². The molecule has 1 aliphatic carbocycles. The molecule has 29 heavy (non-hydrogen) atoms. The number of rotatable bonds is 6. The number of anilines is 1. The van der Waals surface area contributed by atoms with Gasteiger partial charge in [-0.15, -0.1) is 0 Å². The van der Waals surface area contributed by atoms with E-state index in [0.717, 1.165) is 29.8 Å². The maximum Gasteiger partial charge on any atom is 0.262 e. The highest BCUT2D eigenvalue weighted by Gasteiger charge is 2.23. The summed E-state index contributed by atoms with van der Waals surface area (Å²) in [5.74, 6) is 0.975. The van der Waals surface area contributed by atoms with E-state index in [9.17, 15) is 8.42 Å². The monoisotopic (exact) mass is 445 g/mol. The Morgan fingerprint density at radius 3 is 2.45 bits per heavy atom. The van der Waals surface area contributed by atoms with Crippen LogP contribution in [-0.4, -0.2) is 18.4 Å².